The van der Waals surface area contributed by atoms with Crippen molar-refractivity contribution >= 4 is 5.78 Å². The molecule has 0 unspecified atom stereocenters. The van der Waals surface area contributed by atoms with E-state index in [1.165, 1.54) is 16.7 Å². The molecule has 1 heterocycles. The van der Waals surface area contributed by atoms with Gasteiger partial charge in [-0.15, -0.1) is 0 Å². The molecule has 0 atom stereocenters. The average Bonchev–Trinajstić information content (AvgIpc) is 2.57. The van der Waals surface area contributed by atoms with Gasteiger partial charge in [0.05, 0.1) is 0 Å². The Hall–Kier alpha value is -2.74. The Morgan fingerprint density at radius 1 is 0.955 bits per heavy atom. The van der Waals surface area contributed by atoms with E-state index in [1.807, 2.05) is 24.3 Å². The first-order valence-corrected chi connectivity index (χ1v) is 7.32. The van der Waals surface area contributed by atoms with Crippen LogP contribution in [0.3, 0.4) is 0 Å². The Morgan fingerprint density at radius 3 is 2.41 bits per heavy atom. The van der Waals surface area contributed by atoms with E-state index >= 15 is 0 Å². The summed E-state index contributed by atoms with van der Waals surface area (Å²) in [5.74, 6) is 0.0942. The summed E-state index contributed by atoms with van der Waals surface area (Å²) in [5.41, 5.74) is 5.33. The number of aromatic nitrogens is 1. The molecule has 1 aromatic heterocycles. The van der Waals surface area contributed by atoms with E-state index in [0.29, 0.717) is 12.0 Å². The second kappa shape index (κ2) is 6.35. The Labute approximate surface area is 130 Å². The van der Waals surface area contributed by atoms with Gasteiger partial charge in [0, 0.05) is 24.4 Å². The summed E-state index contributed by atoms with van der Waals surface area (Å²) < 4.78 is 0. The Bertz CT molecular complexity index is 776. The lowest BCUT2D eigenvalue weighted by atomic mass is 9.98. The second-order valence-electron chi connectivity index (χ2n) is 5.35. The maximum atomic E-state index is 12.2. The van der Waals surface area contributed by atoms with Crippen molar-refractivity contribution in [3.63, 3.8) is 0 Å². The van der Waals surface area contributed by atoms with Crippen LogP contribution in [0.5, 0.6) is 0 Å². The van der Waals surface area contributed by atoms with Crippen molar-refractivity contribution in [3.05, 3.63) is 89.7 Å². The standard InChI is InChI=1S/C20H17NO/c1-15-5-2-3-7-19(15)17-10-8-16(9-11-17)13-20(22)18-6-4-12-21-14-18/h2-12,14H,13H2,1H3. The van der Waals surface area contributed by atoms with E-state index in [4.69, 9.17) is 0 Å². The van der Waals surface area contributed by atoms with Crippen molar-refractivity contribution in [2.75, 3.05) is 0 Å². The number of Topliss-reactive ketones (excluding diaryl/α,β-unsaturated/α-hetero) is 1. The maximum absolute atomic E-state index is 12.2. The summed E-state index contributed by atoms with van der Waals surface area (Å²) in [6.07, 6.45) is 3.69. The third kappa shape index (κ3) is 3.12. The number of ketones is 1. The fourth-order valence-electron chi connectivity index (χ4n) is 2.51. The molecule has 3 rings (SSSR count). The SMILES string of the molecule is Cc1ccccc1-c1ccc(CC(=O)c2cccnc2)cc1. The first kappa shape index (κ1) is 14.2. The van der Waals surface area contributed by atoms with E-state index < -0.39 is 0 Å². The van der Waals surface area contributed by atoms with E-state index in [1.54, 1.807) is 24.5 Å². The topological polar surface area (TPSA) is 30.0 Å². The van der Waals surface area contributed by atoms with Crippen LogP contribution in [0.25, 0.3) is 11.1 Å². The third-order valence-electron chi connectivity index (χ3n) is 3.76. The summed E-state index contributed by atoms with van der Waals surface area (Å²) in [6.45, 7) is 2.11. The molecule has 3 aromatic rings. The van der Waals surface area contributed by atoms with Gasteiger partial charge in [0.1, 0.15) is 0 Å². The van der Waals surface area contributed by atoms with E-state index in [2.05, 4.69) is 36.2 Å². The van der Waals surface area contributed by atoms with Gasteiger partial charge >= 0.3 is 0 Å². The van der Waals surface area contributed by atoms with Crippen LogP contribution in [0.2, 0.25) is 0 Å². The molecular formula is C20H17NO. The van der Waals surface area contributed by atoms with Crippen molar-refractivity contribution < 1.29 is 4.79 Å². The zero-order valence-electron chi connectivity index (χ0n) is 12.5. The number of carbonyl (C=O) groups is 1. The fourth-order valence-corrected chi connectivity index (χ4v) is 2.51. The van der Waals surface area contributed by atoms with Crippen LogP contribution in [0, 0.1) is 6.92 Å². The van der Waals surface area contributed by atoms with Gasteiger partial charge in [-0.05, 0) is 41.3 Å². The van der Waals surface area contributed by atoms with Crippen LogP contribution in [0.4, 0.5) is 0 Å². The van der Waals surface area contributed by atoms with Crippen molar-refractivity contribution in [2.45, 2.75) is 13.3 Å². The van der Waals surface area contributed by atoms with Crippen LogP contribution in [0.1, 0.15) is 21.5 Å². The Morgan fingerprint density at radius 2 is 1.73 bits per heavy atom. The van der Waals surface area contributed by atoms with E-state index in [9.17, 15) is 4.79 Å². The molecule has 2 nitrogen and oxygen atoms in total. The lowest BCUT2D eigenvalue weighted by Gasteiger charge is -2.07. The van der Waals surface area contributed by atoms with Crippen LogP contribution in [-0.4, -0.2) is 10.8 Å². The number of aryl methyl sites for hydroxylation is 1. The van der Waals surface area contributed by atoms with Gasteiger partial charge < -0.3 is 0 Å². The number of pyridine rings is 1. The molecule has 0 radical (unpaired) electrons. The predicted molar refractivity (Wildman–Crippen MR) is 88.9 cm³/mol. The molecule has 0 saturated heterocycles. The first-order chi connectivity index (χ1) is 10.7. The van der Waals surface area contributed by atoms with Crippen LogP contribution in [-0.2, 0) is 6.42 Å². The molecule has 22 heavy (non-hydrogen) atoms. The van der Waals surface area contributed by atoms with Crippen molar-refractivity contribution in [2.24, 2.45) is 0 Å². The Kier molecular flexibility index (Phi) is 4.10. The van der Waals surface area contributed by atoms with Crippen LogP contribution in [0.15, 0.2) is 73.1 Å². The number of nitrogens with zero attached hydrogens (tertiary/aromatic N) is 1. The first-order valence-electron chi connectivity index (χ1n) is 7.32. The van der Waals surface area contributed by atoms with Gasteiger partial charge in [-0.1, -0.05) is 48.5 Å². The van der Waals surface area contributed by atoms with E-state index in [-0.39, 0.29) is 5.78 Å². The summed E-state index contributed by atoms with van der Waals surface area (Å²) in [6, 6.07) is 20.1. The minimum Gasteiger partial charge on any atom is -0.294 e. The molecule has 0 aliphatic heterocycles. The molecule has 0 spiro atoms. The van der Waals surface area contributed by atoms with Crippen molar-refractivity contribution in [1.29, 1.82) is 0 Å². The summed E-state index contributed by atoms with van der Waals surface area (Å²) in [5, 5.41) is 0. The van der Waals surface area contributed by atoms with Crippen molar-refractivity contribution in [3.8, 4) is 11.1 Å². The maximum Gasteiger partial charge on any atom is 0.168 e. The third-order valence-corrected chi connectivity index (χ3v) is 3.76. The van der Waals surface area contributed by atoms with Crippen molar-refractivity contribution in [1.82, 2.24) is 4.98 Å². The molecule has 0 N–H and O–H groups in total. The van der Waals surface area contributed by atoms with Gasteiger partial charge in [0.25, 0.3) is 0 Å². The summed E-state index contributed by atoms with van der Waals surface area (Å²) >= 11 is 0. The summed E-state index contributed by atoms with van der Waals surface area (Å²) in [4.78, 5) is 16.2. The highest BCUT2D eigenvalue weighted by atomic mass is 16.1. The average molecular weight is 287 g/mol. The molecule has 0 aliphatic carbocycles. The molecule has 108 valence electrons. The van der Waals surface area contributed by atoms with Gasteiger partial charge in [-0.25, -0.2) is 0 Å². The zero-order chi connectivity index (χ0) is 15.4. The highest BCUT2D eigenvalue weighted by Gasteiger charge is 2.07. The van der Waals surface area contributed by atoms with Gasteiger partial charge in [0.2, 0.25) is 0 Å². The lowest BCUT2D eigenvalue weighted by molar-refractivity contribution is 0.0992. The minimum atomic E-state index is 0.0942. The lowest BCUT2D eigenvalue weighted by Crippen LogP contribution is -2.03. The number of hydrogen-bond acceptors (Lipinski definition) is 2. The largest absolute Gasteiger partial charge is 0.294 e. The van der Waals surface area contributed by atoms with Gasteiger partial charge in [-0.2, -0.15) is 0 Å². The molecule has 0 saturated carbocycles. The quantitative estimate of drug-likeness (QED) is 0.662. The predicted octanol–water partition coefficient (Wildman–Crippen LogP) is 4.48. The minimum absolute atomic E-state index is 0.0942. The van der Waals surface area contributed by atoms with Crippen LogP contribution >= 0.6 is 0 Å². The van der Waals surface area contributed by atoms with Gasteiger partial charge in [-0.3, -0.25) is 9.78 Å². The molecule has 2 heteroatoms. The molecule has 0 bridgehead atoms. The van der Waals surface area contributed by atoms with E-state index in [0.717, 1.165) is 5.56 Å². The second-order valence-corrected chi connectivity index (χ2v) is 5.35. The van der Waals surface area contributed by atoms with Gasteiger partial charge in [0.15, 0.2) is 5.78 Å². The smallest absolute Gasteiger partial charge is 0.168 e. The molecule has 0 amide bonds. The fraction of sp³-hybridized carbons (Fsp3) is 0.100. The number of hydrogen-bond donors (Lipinski definition) is 0. The number of benzene rings is 2. The molecule has 0 fully saturated rings. The monoisotopic (exact) mass is 287 g/mol. The molecule has 2 aromatic carbocycles. The molecular weight excluding hydrogens is 270 g/mol. The highest BCUT2D eigenvalue weighted by molar-refractivity contribution is 5.97. The van der Waals surface area contributed by atoms with Crippen LogP contribution < -0.4 is 0 Å². The molecule has 0 aliphatic rings. The normalized spacial score (nSPS) is 10.4. The Balaban J connectivity index is 1.78. The number of carbonyl (C=O) groups excluding carboxylic acids is 1. The summed E-state index contributed by atoms with van der Waals surface area (Å²) in [7, 11) is 0. The zero-order valence-corrected chi connectivity index (χ0v) is 12.5. The number of rotatable bonds is 4. The highest BCUT2D eigenvalue weighted by Crippen LogP contribution is 2.23.